The first-order valence-electron chi connectivity index (χ1n) is 5.04. The molecule has 1 N–H and O–H groups in total. The summed E-state index contributed by atoms with van der Waals surface area (Å²) < 4.78 is 0. The normalized spacial score (nSPS) is 23.1. The molecule has 0 spiro atoms. The molecule has 0 aliphatic carbocycles. The number of likely N-dealkylation sites (N-methyl/N-ethyl adjacent to an activating group) is 1. The van der Waals surface area contributed by atoms with Crippen molar-refractivity contribution in [2.75, 3.05) is 26.7 Å². The Morgan fingerprint density at radius 1 is 1.60 bits per heavy atom. The van der Waals surface area contributed by atoms with Crippen LogP contribution in [0.2, 0.25) is 0 Å². The summed E-state index contributed by atoms with van der Waals surface area (Å²) in [5.41, 5.74) is 0.395. The molecule has 1 unspecified atom stereocenters. The van der Waals surface area contributed by atoms with E-state index in [0.717, 1.165) is 19.6 Å². The van der Waals surface area contributed by atoms with Crippen molar-refractivity contribution in [1.29, 1.82) is 0 Å². The zero-order chi connectivity index (χ0) is 10.8. The Morgan fingerprint density at radius 2 is 2.40 bits per heavy atom. The zero-order valence-corrected chi connectivity index (χ0v) is 8.97. The van der Waals surface area contributed by atoms with Crippen molar-refractivity contribution in [3.63, 3.8) is 0 Å². The number of aromatic amines is 1. The Bertz CT molecular complexity index is 336. The molecule has 2 heterocycles. The number of nitrogens with zero attached hydrogens (tertiary/aromatic N) is 4. The number of nitrogens with one attached hydrogen (secondary N) is 1. The van der Waals surface area contributed by atoms with E-state index in [-0.39, 0.29) is 5.91 Å². The fraction of sp³-hybridized carbons (Fsp3) is 0.667. The van der Waals surface area contributed by atoms with Gasteiger partial charge in [0, 0.05) is 25.7 Å². The Morgan fingerprint density at radius 3 is 3.00 bits per heavy atom. The smallest absolute Gasteiger partial charge is 0.276 e. The summed E-state index contributed by atoms with van der Waals surface area (Å²) in [4.78, 5) is 16.0. The molecule has 6 nitrogen and oxygen atoms in total. The van der Waals surface area contributed by atoms with E-state index in [1.54, 1.807) is 0 Å². The number of amides is 1. The summed E-state index contributed by atoms with van der Waals surface area (Å²) in [6, 6.07) is 0.398. The number of rotatable bonds is 1. The van der Waals surface area contributed by atoms with E-state index < -0.39 is 0 Å². The predicted molar refractivity (Wildman–Crippen MR) is 54.4 cm³/mol. The molecule has 1 fully saturated rings. The second-order valence-electron chi connectivity index (χ2n) is 3.94. The van der Waals surface area contributed by atoms with E-state index in [1.807, 2.05) is 4.90 Å². The van der Waals surface area contributed by atoms with E-state index in [1.165, 1.54) is 6.20 Å². The van der Waals surface area contributed by atoms with Gasteiger partial charge in [-0.1, -0.05) is 0 Å². The van der Waals surface area contributed by atoms with Gasteiger partial charge in [-0.3, -0.25) is 4.79 Å². The third-order valence-electron chi connectivity index (χ3n) is 2.88. The highest BCUT2D eigenvalue weighted by Gasteiger charge is 2.26. The van der Waals surface area contributed by atoms with Crippen LogP contribution in [-0.2, 0) is 0 Å². The first-order chi connectivity index (χ1) is 7.18. The Kier molecular flexibility index (Phi) is 2.68. The summed E-state index contributed by atoms with van der Waals surface area (Å²) in [6.45, 7) is 4.53. The average molecular weight is 209 g/mol. The quantitative estimate of drug-likeness (QED) is 0.682. The molecule has 1 aromatic rings. The number of hydrogen-bond donors (Lipinski definition) is 1. The predicted octanol–water partition coefficient (Wildman–Crippen LogP) is -0.419. The number of carbonyl (C=O) groups is 1. The van der Waals surface area contributed by atoms with Gasteiger partial charge in [-0.25, -0.2) is 0 Å². The lowest BCUT2D eigenvalue weighted by Gasteiger charge is -2.37. The van der Waals surface area contributed by atoms with Crippen molar-refractivity contribution in [1.82, 2.24) is 25.2 Å². The summed E-state index contributed by atoms with van der Waals surface area (Å²) in [6.07, 6.45) is 1.46. The van der Waals surface area contributed by atoms with Crippen LogP contribution in [0.1, 0.15) is 17.4 Å². The highest BCUT2D eigenvalue weighted by molar-refractivity contribution is 5.91. The minimum atomic E-state index is -0.0382. The van der Waals surface area contributed by atoms with Gasteiger partial charge in [0.05, 0.1) is 6.20 Å². The van der Waals surface area contributed by atoms with Crippen LogP contribution >= 0.6 is 0 Å². The topological polar surface area (TPSA) is 65.1 Å². The van der Waals surface area contributed by atoms with Crippen LogP contribution in [0.15, 0.2) is 6.20 Å². The van der Waals surface area contributed by atoms with E-state index in [2.05, 4.69) is 34.3 Å². The lowest BCUT2D eigenvalue weighted by Crippen LogP contribution is -2.52. The van der Waals surface area contributed by atoms with Crippen molar-refractivity contribution < 1.29 is 4.79 Å². The summed E-state index contributed by atoms with van der Waals surface area (Å²) in [7, 11) is 2.07. The number of hydrogen-bond acceptors (Lipinski definition) is 4. The molecular formula is C9H15N5O. The Balaban J connectivity index is 2.03. The first kappa shape index (κ1) is 10.1. The standard InChI is InChI=1S/C9H15N5O/c1-7-6-14(4-3-13(7)2)9(15)8-5-10-12-11-8/h5,7H,3-4,6H2,1-2H3,(H,10,11,12). The maximum Gasteiger partial charge on any atom is 0.276 e. The van der Waals surface area contributed by atoms with Crippen molar-refractivity contribution in [3.05, 3.63) is 11.9 Å². The van der Waals surface area contributed by atoms with Crippen LogP contribution in [0.4, 0.5) is 0 Å². The van der Waals surface area contributed by atoms with Crippen molar-refractivity contribution >= 4 is 5.91 Å². The van der Waals surface area contributed by atoms with E-state index in [4.69, 9.17) is 0 Å². The molecule has 0 bridgehead atoms. The second-order valence-corrected chi connectivity index (χ2v) is 3.94. The van der Waals surface area contributed by atoms with Crippen LogP contribution in [-0.4, -0.2) is 63.8 Å². The maximum absolute atomic E-state index is 11.9. The van der Waals surface area contributed by atoms with Gasteiger partial charge in [0.1, 0.15) is 0 Å². The van der Waals surface area contributed by atoms with Gasteiger partial charge >= 0.3 is 0 Å². The molecule has 82 valence electrons. The van der Waals surface area contributed by atoms with Crippen LogP contribution in [0.5, 0.6) is 0 Å². The Hall–Kier alpha value is -1.43. The molecule has 15 heavy (non-hydrogen) atoms. The fourth-order valence-electron chi connectivity index (χ4n) is 1.70. The third kappa shape index (κ3) is 1.99. The largest absolute Gasteiger partial charge is 0.334 e. The average Bonchev–Trinajstić information content (AvgIpc) is 2.74. The lowest BCUT2D eigenvalue weighted by atomic mass is 10.2. The molecule has 1 saturated heterocycles. The van der Waals surface area contributed by atoms with Gasteiger partial charge in [-0.2, -0.15) is 15.4 Å². The number of H-pyrrole nitrogens is 1. The van der Waals surface area contributed by atoms with Crippen molar-refractivity contribution in [2.45, 2.75) is 13.0 Å². The number of piperazine rings is 1. The summed E-state index contributed by atoms with van der Waals surface area (Å²) >= 11 is 0. The molecule has 1 aromatic heterocycles. The SMILES string of the molecule is CC1CN(C(=O)c2cn[nH]n2)CCN1C. The monoisotopic (exact) mass is 209 g/mol. The Labute approximate surface area is 88.2 Å². The molecule has 0 saturated carbocycles. The molecule has 0 radical (unpaired) electrons. The van der Waals surface area contributed by atoms with Crippen LogP contribution < -0.4 is 0 Å². The van der Waals surface area contributed by atoms with Crippen LogP contribution in [0.25, 0.3) is 0 Å². The van der Waals surface area contributed by atoms with E-state index >= 15 is 0 Å². The van der Waals surface area contributed by atoms with Gasteiger partial charge in [0.2, 0.25) is 0 Å². The van der Waals surface area contributed by atoms with Crippen molar-refractivity contribution in [2.24, 2.45) is 0 Å². The van der Waals surface area contributed by atoms with Crippen molar-refractivity contribution in [3.8, 4) is 0 Å². The minimum absolute atomic E-state index is 0.0382. The van der Waals surface area contributed by atoms with E-state index in [9.17, 15) is 4.79 Å². The number of aromatic nitrogens is 3. The van der Waals surface area contributed by atoms with Gasteiger partial charge in [0.25, 0.3) is 5.91 Å². The fourth-order valence-corrected chi connectivity index (χ4v) is 1.70. The lowest BCUT2D eigenvalue weighted by molar-refractivity contribution is 0.0567. The molecular weight excluding hydrogens is 194 g/mol. The maximum atomic E-state index is 11.9. The molecule has 1 atom stereocenters. The van der Waals surface area contributed by atoms with Gasteiger partial charge in [0.15, 0.2) is 5.69 Å². The molecule has 2 rings (SSSR count). The molecule has 1 aliphatic rings. The second kappa shape index (κ2) is 3.98. The first-order valence-corrected chi connectivity index (χ1v) is 5.04. The van der Waals surface area contributed by atoms with E-state index in [0.29, 0.717) is 11.7 Å². The minimum Gasteiger partial charge on any atom is -0.334 e. The molecule has 1 amide bonds. The molecule has 6 heteroatoms. The summed E-state index contributed by atoms with van der Waals surface area (Å²) in [5.74, 6) is -0.0382. The van der Waals surface area contributed by atoms with Crippen LogP contribution in [0, 0.1) is 0 Å². The summed E-state index contributed by atoms with van der Waals surface area (Å²) in [5, 5.41) is 9.88. The molecule has 1 aliphatic heterocycles. The van der Waals surface area contributed by atoms with Gasteiger partial charge in [-0.05, 0) is 14.0 Å². The highest BCUT2D eigenvalue weighted by atomic mass is 16.2. The van der Waals surface area contributed by atoms with Gasteiger partial charge < -0.3 is 9.80 Å². The highest BCUT2D eigenvalue weighted by Crippen LogP contribution is 2.09. The molecule has 0 aromatic carbocycles. The zero-order valence-electron chi connectivity index (χ0n) is 8.97. The van der Waals surface area contributed by atoms with Crippen LogP contribution in [0.3, 0.4) is 0 Å². The van der Waals surface area contributed by atoms with Gasteiger partial charge in [-0.15, -0.1) is 0 Å². The number of carbonyl (C=O) groups excluding carboxylic acids is 1. The third-order valence-corrected chi connectivity index (χ3v) is 2.88.